The van der Waals surface area contributed by atoms with Gasteiger partial charge in [-0.15, -0.1) is 0 Å². The number of hydrogen-bond acceptors (Lipinski definition) is 5. The zero-order valence-corrected chi connectivity index (χ0v) is 17.6. The minimum Gasteiger partial charge on any atom is -0.457 e. The quantitative estimate of drug-likeness (QED) is 0.436. The lowest BCUT2D eigenvalue weighted by atomic mass is 10.1. The number of carbonyl (C=O) groups excluding carboxylic acids is 1. The van der Waals surface area contributed by atoms with Crippen LogP contribution < -0.4 is 4.74 Å². The number of amides is 1. The van der Waals surface area contributed by atoms with E-state index in [1.54, 1.807) is 6.20 Å². The van der Waals surface area contributed by atoms with Gasteiger partial charge in [-0.3, -0.25) is 4.79 Å². The number of benzene rings is 2. The van der Waals surface area contributed by atoms with Gasteiger partial charge in [0.1, 0.15) is 23.5 Å². The molecule has 1 fully saturated rings. The van der Waals surface area contributed by atoms with E-state index in [-0.39, 0.29) is 11.9 Å². The van der Waals surface area contributed by atoms with Crippen LogP contribution in [0, 0.1) is 0 Å². The minimum atomic E-state index is -0.0493. The lowest BCUT2D eigenvalue weighted by Crippen LogP contribution is -2.40. The molecule has 4 aromatic rings. The Bertz CT molecular complexity index is 1270. The van der Waals surface area contributed by atoms with E-state index < -0.39 is 0 Å². The van der Waals surface area contributed by atoms with E-state index in [1.165, 1.54) is 12.4 Å². The number of piperidine rings is 1. The van der Waals surface area contributed by atoms with Crippen molar-refractivity contribution in [3.63, 3.8) is 0 Å². The van der Waals surface area contributed by atoms with Crippen LogP contribution in [-0.4, -0.2) is 43.6 Å². The third kappa shape index (κ3) is 3.85. The highest BCUT2D eigenvalue weighted by Gasteiger charge is 2.27. The molecule has 160 valence electrons. The van der Waals surface area contributed by atoms with E-state index in [1.807, 2.05) is 64.2 Å². The third-order valence-corrected chi connectivity index (χ3v) is 5.69. The standard InChI is InChI=1S/C25H23N5O2/c1-2-23(31)29-13-7-9-19(16-29)30-25-22(15-26-17-27-25)24(28-30)18-8-6-12-21(14-18)32-20-10-4-3-5-11-20/h2-6,8,10-12,14-15,17,19H,1,7,9,13,16H2/t19-/m0/s1. The van der Waals surface area contributed by atoms with Crippen LogP contribution in [0.4, 0.5) is 0 Å². The molecule has 1 aliphatic rings. The summed E-state index contributed by atoms with van der Waals surface area (Å²) < 4.78 is 7.95. The number of hydrogen-bond donors (Lipinski definition) is 0. The van der Waals surface area contributed by atoms with Crippen LogP contribution in [0.3, 0.4) is 0 Å². The first-order valence-corrected chi connectivity index (χ1v) is 10.7. The second-order valence-corrected chi connectivity index (χ2v) is 7.78. The van der Waals surface area contributed by atoms with Crippen molar-refractivity contribution in [3.8, 4) is 22.8 Å². The molecule has 0 spiro atoms. The molecule has 2 aromatic heterocycles. The van der Waals surface area contributed by atoms with Gasteiger partial charge < -0.3 is 9.64 Å². The molecule has 7 heteroatoms. The van der Waals surface area contributed by atoms with E-state index in [9.17, 15) is 4.79 Å². The largest absolute Gasteiger partial charge is 0.457 e. The number of fused-ring (bicyclic) bond motifs is 1. The second kappa shape index (κ2) is 8.63. The number of carbonyl (C=O) groups is 1. The Hall–Kier alpha value is -4.00. The van der Waals surface area contributed by atoms with Gasteiger partial charge >= 0.3 is 0 Å². The fourth-order valence-corrected chi connectivity index (χ4v) is 4.16. The molecule has 5 rings (SSSR count). The first kappa shape index (κ1) is 19.9. The maximum atomic E-state index is 12.2. The molecule has 0 bridgehead atoms. The summed E-state index contributed by atoms with van der Waals surface area (Å²) in [6, 6.07) is 17.6. The van der Waals surface area contributed by atoms with Gasteiger partial charge in [0, 0.05) is 24.8 Å². The number of para-hydroxylation sites is 1. The molecule has 0 N–H and O–H groups in total. The zero-order valence-electron chi connectivity index (χ0n) is 17.6. The molecule has 32 heavy (non-hydrogen) atoms. The van der Waals surface area contributed by atoms with E-state index >= 15 is 0 Å². The lowest BCUT2D eigenvalue weighted by molar-refractivity contribution is -0.127. The normalized spacial score (nSPS) is 16.1. The van der Waals surface area contributed by atoms with E-state index in [0.717, 1.165) is 53.2 Å². The average Bonchev–Trinajstić information content (AvgIpc) is 3.24. The predicted octanol–water partition coefficient (Wildman–Crippen LogP) is 4.64. The SMILES string of the molecule is C=CC(=O)N1CCC[C@H](n2nc(-c3cccc(Oc4ccccc4)c3)c3cncnc32)C1. The molecule has 0 aliphatic carbocycles. The Kier molecular flexibility index (Phi) is 5.37. The number of aromatic nitrogens is 4. The Labute approximate surface area is 186 Å². The van der Waals surface area contributed by atoms with Gasteiger partial charge in [0.25, 0.3) is 0 Å². The summed E-state index contributed by atoms with van der Waals surface area (Å²) >= 11 is 0. The van der Waals surface area contributed by atoms with Gasteiger partial charge in [-0.2, -0.15) is 5.10 Å². The first-order valence-electron chi connectivity index (χ1n) is 10.7. The highest BCUT2D eigenvalue weighted by atomic mass is 16.5. The van der Waals surface area contributed by atoms with Gasteiger partial charge in [-0.1, -0.05) is 36.9 Å². The van der Waals surface area contributed by atoms with Crippen molar-refractivity contribution < 1.29 is 9.53 Å². The minimum absolute atomic E-state index is 0.0440. The van der Waals surface area contributed by atoms with E-state index in [0.29, 0.717) is 6.54 Å². The summed E-state index contributed by atoms with van der Waals surface area (Å²) in [5, 5.41) is 5.82. The monoisotopic (exact) mass is 425 g/mol. The summed E-state index contributed by atoms with van der Waals surface area (Å²) in [4.78, 5) is 22.7. The number of likely N-dealkylation sites (tertiary alicyclic amines) is 1. The average molecular weight is 425 g/mol. The molecular formula is C25H23N5O2. The topological polar surface area (TPSA) is 73.1 Å². The Morgan fingerprint density at radius 2 is 1.97 bits per heavy atom. The van der Waals surface area contributed by atoms with Crippen molar-refractivity contribution in [1.29, 1.82) is 0 Å². The highest BCUT2D eigenvalue weighted by molar-refractivity contribution is 5.91. The number of ether oxygens (including phenoxy) is 1. The summed E-state index contributed by atoms with van der Waals surface area (Å²) in [7, 11) is 0. The van der Waals surface area contributed by atoms with Crippen molar-refractivity contribution in [3.05, 3.63) is 79.8 Å². The third-order valence-electron chi connectivity index (χ3n) is 5.69. The second-order valence-electron chi connectivity index (χ2n) is 7.78. The predicted molar refractivity (Wildman–Crippen MR) is 122 cm³/mol. The molecule has 0 saturated carbocycles. The van der Waals surface area contributed by atoms with E-state index in [2.05, 4.69) is 16.5 Å². The van der Waals surface area contributed by atoms with Gasteiger partial charge in [-0.05, 0) is 43.2 Å². The van der Waals surface area contributed by atoms with Crippen LogP contribution in [0.1, 0.15) is 18.9 Å². The summed E-state index contributed by atoms with van der Waals surface area (Å²) in [6.07, 6.45) is 6.54. The summed E-state index contributed by atoms with van der Waals surface area (Å²) in [5.74, 6) is 1.46. The Balaban J connectivity index is 1.51. The van der Waals surface area contributed by atoms with Crippen LogP contribution in [-0.2, 0) is 4.79 Å². The van der Waals surface area contributed by atoms with Crippen LogP contribution in [0.15, 0.2) is 79.8 Å². The van der Waals surface area contributed by atoms with Crippen molar-refractivity contribution in [1.82, 2.24) is 24.6 Å². The number of rotatable bonds is 5. The Morgan fingerprint density at radius 3 is 2.81 bits per heavy atom. The molecule has 3 heterocycles. The zero-order chi connectivity index (χ0) is 21.9. The van der Waals surface area contributed by atoms with E-state index in [4.69, 9.17) is 9.84 Å². The lowest BCUT2D eigenvalue weighted by Gasteiger charge is -2.32. The van der Waals surface area contributed by atoms with Crippen LogP contribution >= 0.6 is 0 Å². The van der Waals surface area contributed by atoms with Crippen molar-refractivity contribution >= 4 is 16.9 Å². The van der Waals surface area contributed by atoms with Gasteiger partial charge in [0.2, 0.25) is 5.91 Å². The summed E-state index contributed by atoms with van der Waals surface area (Å²) in [6.45, 7) is 4.94. The molecule has 7 nitrogen and oxygen atoms in total. The molecule has 1 amide bonds. The maximum absolute atomic E-state index is 12.2. The molecule has 1 aliphatic heterocycles. The first-order chi connectivity index (χ1) is 15.7. The molecule has 1 saturated heterocycles. The highest BCUT2D eigenvalue weighted by Crippen LogP contribution is 2.33. The summed E-state index contributed by atoms with van der Waals surface area (Å²) in [5.41, 5.74) is 2.49. The molecular weight excluding hydrogens is 402 g/mol. The molecule has 2 aromatic carbocycles. The Morgan fingerprint density at radius 1 is 1.12 bits per heavy atom. The maximum Gasteiger partial charge on any atom is 0.246 e. The van der Waals surface area contributed by atoms with Crippen molar-refractivity contribution in [2.24, 2.45) is 0 Å². The smallest absolute Gasteiger partial charge is 0.246 e. The van der Waals surface area contributed by atoms with Gasteiger partial charge in [0.15, 0.2) is 5.65 Å². The van der Waals surface area contributed by atoms with Gasteiger partial charge in [-0.25, -0.2) is 14.6 Å². The van der Waals surface area contributed by atoms with Crippen LogP contribution in [0.5, 0.6) is 11.5 Å². The van der Waals surface area contributed by atoms with Crippen molar-refractivity contribution in [2.45, 2.75) is 18.9 Å². The van der Waals surface area contributed by atoms with Crippen LogP contribution in [0.2, 0.25) is 0 Å². The van der Waals surface area contributed by atoms with Gasteiger partial charge in [0.05, 0.1) is 11.4 Å². The molecule has 0 unspecified atom stereocenters. The fourth-order valence-electron chi connectivity index (χ4n) is 4.16. The molecule has 0 radical (unpaired) electrons. The molecule has 1 atom stereocenters. The van der Waals surface area contributed by atoms with Crippen LogP contribution in [0.25, 0.3) is 22.3 Å². The van der Waals surface area contributed by atoms with Crippen molar-refractivity contribution in [2.75, 3.05) is 13.1 Å². The number of nitrogens with zero attached hydrogens (tertiary/aromatic N) is 5. The fraction of sp³-hybridized carbons (Fsp3) is 0.200.